The summed E-state index contributed by atoms with van der Waals surface area (Å²) in [5, 5.41) is 22.5. The summed E-state index contributed by atoms with van der Waals surface area (Å²) in [5.74, 6) is -2.42. The number of nitrogens with one attached hydrogen (secondary N) is 2. The SMILES string of the molecule is CCC/C=C\C/C=C\C(CCCCCCC(=O)NCC(=O)NC(CO)C(=O)O)OC(=O)CCCCCCCCCCCCCCCCCC. The van der Waals surface area contributed by atoms with Crippen LogP contribution in [0.2, 0.25) is 0 Å². The first-order valence-electron chi connectivity index (χ1n) is 19.7. The molecule has 0 aliphatic carbocycles. The monoisotopic (exact) mass is 693 g/mol. The number of ether oxygens (including phenoxy) is 1. The summed E-state index contributed by atoms with van der Waals surface area (Å²) in [6.07, 6.45) is 36.7. The largest absolute Gasteiger partial charge is 0.480 e. The van der Waals surface area contributed by atoms with E-state index in [0.29, 0.717) is 12.8 Å². The molecule has 0 saturated carbocycles. The third-order valence-corrected chi connectivity index (χ3v) is 8.67. The molecule has 49 heavy (non-hydrogen) atoms. The average molecular weight is 693 g/mol. The number of hydrogen-bond donors (Lipinski definition) is 4. The van der Waals surface area contributed by atoms with Gasteiger partial charge in [0, 0.05) is 12.8 Å². The number of carbonyl (C=O) groups is 4. The van der Waals surface area contributed by atoms with Crippen molar-refractivity contribution in [3.05, 3.63) is 24.3 Å². The second kappa shape index (κ2) is 35.2. The van der Waals surface area contributed by atoms with Crippen LogP contribution in [0.25, 0.3) is 0 Å². The zero-order valence-corrected chi connectivity index (χ0v) is 31.2. The van der Waals surface area contributed by atoms with Gasteiger partial charge >= 0.3 is 11.9 Å². The van der Waals surface area contributed by atoms with Crippen LogP contribution in [0.15, 0.2) is 24.3 Å². The van der Waals surface area contributed by atoms with Crippen molar-refractivity contribution in [1.29, 1.82) is 0 Å². The van der Waals surface area contributed by atoms with Crippen molar-refractivity contribution in [3.63, 3.8) is 0 Å². The summed E-state index contributed by atoms with van der Waals surface area (Å²) >= 11 is 0. The van der Waals surface area contributed by atoms with Crippen LogP contribution in [0.5, 0.6) is 0 Å². The normalized spacial score (nSPS) is 12.7. The summed E-state index contributed by atoms with van der Waals surface area (Å²) in [7, 11) is 0. The Kier molecular flexibility index (Phi) is 33.2. The number of unbranched alkanes of at least 4 members (excludes halogenated alkanes) is 19. The lowest BCUT2D eigenvalue weighted by atomic mass is 10.0. The van der Waals surface area contributed by atoms with Crippen LogP contribution in [0.3, 0.4) is 0 Å². The van der Waals surface area contributed by atoms with Gasteiger partial charge in [0.1, 0.15) is 12.1 Å². The molecule has 0 aromatic heterocycles. The number of esters is 1. The van der Waals surface area contributed by atoms with Crippen LogP contribution in [-0.4, -0.2) is 59.3 Å². The maximum Gasteiger partial charge on any atom is 0.328 e. The molecule has 2 amide bonds. The molecular weight excluding hydrogens is 620 g/mol. The van der Waals surface area contributed by atoms with Crippen LogP contribution in [0.4, 0.5) is 0 Å². The molecule has 0 heterocycles. The summed E-state index contributed by atoms with van der Waals surface area (Å²) in [6, 6.07) is -1.39. The molecular formula is C40H72N2O7. The van der Waals surface area contributed by atoms with Crippen molar-refractivity contribution in [2.45, 2.75) is 193 Å². The number of carboxylic acid groups (broad SMARTS) is 1. The van der Waals surface area contributed by atoms with E-state index in [-0.39, 0.29) is 30.9 Å². The molecule has 4 N–H and O–H groups in total. The van der Waals surface area contributed by atoms with Crippen molar-refractivity contribution in [1.82, 2.24) is 10.6 Å². The number of carboxylic acids is 1. The lowest BCUT2D eigenvalue weighted by Crippen LogP contribution is -2.47. The number of aliphatic hydroxyl groups is 1. The minimum Gasteiger partial charge on any atom is -0.480 e. The number of carbonyl (C=O) groups excluding carboxylic acids is 3. The molecule has 2 atom stereocenters. The van der Waals surface area contributed by atoms with Gasteiger partial charge in [-0.15, -0.1) is 0 Å². The Hall–Kier alpha value is -2.68. The van der Waals surface area contributed by atoms with Crippen LogP contribution < -0.4 is 10.6 Å². The Morgan fingerprint density at radius 2 is 1.16 bits per heavy atom. The van der Waals surface area contributed by atoms with E-state index in [4.69, 9.17) is 14.9 Å². The molecule has 9 heteroatoms. The highest BCUT2D eigenvalue weighted by Crippen LogP contribution is 2.16. The minimum absolute atomic E-state index is 0.129. The van der Waals surface area contributed by atoms with E-state index in [2.05, 4.69) is 42.7 Å². The van der Waals surface area contributed by atoms with Gasteiger partial charge in [-0.1, -0.05) is 148 Å². The first-order chi connectivity index (χ1) is 23.8. The summed E-state index contributed by atoms with van der Waals surface area (Å²) in [5.41, 5.74) is 0. The number of aliphatic carboxylic acids is 1. The molecule has 0 radical (unpaired) electrons. The number of aliphatic hydroxyl groups excluding tert-OH is 1. The fraction of sp³-hybridized carbons (Fsp3) is 0.800. The predicted octanol–water partition coefficient (Wildman–Crippen LogP) is 8.87. The molecule has 0 saturated heterocycles. The highest BCUT2D eigenvalue weighted by molar-refractivity contribution is 5.87. The van der Waals surface area contributed by atoms with Gasteiger partial charge in [-0.2, -0.15) is 0 Å². The van der Waals surface area contributed by atoms with E-state index in [9.17, 15) is 19.2 Å². The van der Waals surface area contributed by atoms with E-state index in [1.54, 1.807) is 0 Å². The first-order valence-corrected chi connectivity index (χ1v) is 19.7. The highest BCUT2D eigenvalue weighted by atomic mass is 16.5. The quantitative estimate of drug-likeness (QED) is 0.0295. The minimum atomic E-state index is -1.39. The summed E-state index contributed by atoms with van der Waals surface area (Å²) in [4.78, 5) is 47.3. The van der Waals surface area contributed by atoms with Crippen molar-refractivity contribution < 1.29 is 34.1 Å². The molecule has 0 bridgehead atoms. The fourth-order valence-corrected chi connectivity index (χ4v) is 5.61. The van der Waals surface area contributed by atoms with Crippen molar-refractivity contribution in [2.24, 2.45) is 0 Å². The first kappa shape index (κ1) is 46.3. The van der Waals surface area contributed by atoms with Gasteiger partial charge in [0.2, 0.25) is 11.8 Å². The van der Waals surface area contributed by atoms with Gasteiger partial charge < -0.3 is 25.6 Å². The summed E-state index contributed by atoms with van der Waals surface area (Å²) in [6.45, 7) is 3.36. The topological polar surface area (TPSA) is 142 Å². The van der Waals surface area contributed by atoms with Crippen LogP contribution >= 0.6 is 0 Å². The van der Waals surface area contributed by atoms with Gasteiger partial charge in [0.05, 0.1) is 13.2 Å². The summed E-state index contributed by atoms with van der Waals surface area (Å²) < 4.78 is 5.85. The predicted molar refractivity (Wildman–Crippen MR) is 199 cm³/mol. The van der Waals surface area contributed by atoms with Gasteiger partial charge in [0.25, 0.3) is 0 Å². The zero-order valence-electron chi connectivity index (χ0n) is 31.2. The second-order valence-corrected chi connectivity index (χ2v) is 13.4. The standard InChI is InChI=1S/C40H72N2O7/c1-3-5-7-9-11-12-13-14-15-16-17-18-19-20-22-28-32-39(46)49-35(29-25-21-10-8-6-4-2)30-26-23-24-27-31-37(44)41-33-38(45)42-36(34-43)40(47)48/h8,10,25,29,35-36,43H,3-7,9,11-24,26-28,30-34H2,1-2H3,(H,41,44)(H,42,45)(H,47,48)/b10-8-,29-25-. The smallest absolute Gasteiger partial charge is 0.328 e. The second-order valence-electron chi connectivity index (χ2n) is 13.4. The molecule has 0 aromatic carbocycles. The van der Waals surface area contributed by atoms with E-state index < -0.39 is 24.5 Å². The molecule has 284 valence electrons. The van der Waals surface area contributed by atoms with Gasteiger partial charge in [-0.05, 0) is 44.6 Å². The number of allylic oxidation sites excluding steroid dienone is 3. The Bertz CT molecular complexity index is 890. The van der Waals surface area contributed by atoms with Gasteiger partial charge in [-0.25, -0.2) is 4.79 Å². The average Bonchev–Trinajstić information content (AvgIpc) is 3.08. The van der Waals surface area contributed by atoms with Crippen molar-refractivity contribution in [2.75, 3.05) is 13.2 Å². The van der Waals surface area contributed by atoms with Gasteiger partial charge in [-0.3, -0.25) is 14.4 Å². The molecule has 0 aliphatic rings. The molecule has 0 spiro atoms. The lowest BCUT2D eigenvalue weighted by Gasteiger charge is -2.15. The molecule has 0 rings (SSSR count). The van der Waals surface area contributed by atoms with Gasteiger partial charge in [0.15, 0.2) is 0 Å². The lowest BCUT2D eigenvalue weighted by molar-refractivity contribution is -0.147. The Labute approximate surface area is 298 Å². The number of rotatable bonds is 35. The van der Waals surface area contributed by atoms with Crippen LogP contribution in [0.1, 0.15) is 181 Å². The maximum absolute atomic E-state index is 12.6. The Morgan fingerprint density at radius 3 is 1.69 bits per heavy atom. The van der Waals surface area contributed by atoms with Crippen LogP contribution in [0, 0.1) is 0 Å². The molecule has 0 aliphatic heterocycles. The number of hydrogen-bond acceptors (Lipinski definition) is 6. The van der Waals surface area contributed by atoms with E-state index in [1.807, 2.05) is 6.08 Å². The molecule has 2 unspecified atom stereocenters. The van der Waals surface area contributed by atoms with E-state index >= 15 is 0 Å². The maximum atomic E-state index is 12.6. The zero-order chi connectivity index (χ0) is 36.2. The third kappa shape index (κ3) is 32.3. The molecule has 9 nitrogen and oxygen atoms in total. The highest BCUT2D eigenvalue weighted by Gasteiger charge is 2.18. The van der Waals surface area contributed by atoms with Crippen LogP contribution in [-0.2, 0) is 23.9 Å². The third-order valence-electron chi connectivity index (χ3n) is 8.67. The molecule has 0 fully saturated rings. The molecule has 0 aromatic rings. The Balaban J connectivity index is 4.15. The Morgan fingerprint density at radius 1 is 0.633 bits per heavy atom. The van der Waals surface area contributed by atoms with Crippen molar-refractivity contribution in [3.8, 4) is 0 Å². The van der Waals surface area contributed by atoms with E-state index in [0.717, 1.165) is 57.8 Å². The fourth-order valence-electron chi connectivity index (χ4n) is 5.61. The number of amides is 2. The van der Waals surface area contributed by atoms with Crippen molar-refractivity contribution >= 4 is 23.8 Å². The van der Waals surface area contributed by atoms with E-state index in [1.165, 1.54) is 89.9 Å².